The standard InChI is InChI=1S/C32H43N3O3/c1-3-4-5-6-7-8-9-10-11-12-13-14-15-17-26-18-16-19-28(22-26)37-25-31(36)34-27-20-21-30-29(23-27)35-32(38-30)24-33-2/h16,18-23H,3-15,17,24-25H2,1H3,(H,34,36). The van der Waals surface area contributed by atoms with Crippen LogP contribution >= 0.6 is 0 Å². The molecule has 0 saturated carbocycles. The molecular formula is C32H43N3O3. The van der Waals surface area contributed by atoms with Crippen molar-refractivity contribution in [2.75, 3.05) is 11.9 Å². The number of rotatable bonds is 19. The molecule has 0 aliphatic carbocycles. The lowest BCUT2D eigenvalue weighted by atomic mass is 10.0. The monoisotopic (exact) mass is 517 g/mol. The van der Waals surface area contributed by atoms with Crippen LogP contribution in [0.4, 0.5) is 5.69 Å². The van der Waals surface area contributed by atoms with Gasteiger partial charge in [-0.3, -0.25) is 4.79 Å². The summed E-state index contributed by atoms with van der Waals surface area (Å²) >= 11 is 0. The van der Waals surface area contributed by atoms with Crippen LogP contribution in [0.25, 0.3) is 15.9 Å². The van der Waals surface area contributed by atoms with Crippen LogP contribution < -0.4 is 10.1 Å². The number of nitrogens with one attached hydrogen (secondary N) is 1. The third kappa shape index (κ3) is 11.0. The predicted octanol–water partition coefficient (Wildman–Crippen LogP) is 8.90. The number of fused-ring (bicyclic) bond motifs is 1. The number of benzene rings is 2. The number of amides is 1. The zero-order valence-corrected chi connectivity index (χ0v) is 23.0. The Morgan fingerprint density at radius 2 is 1.61 bits per heavy atom. The van der Waals surface area contributed by atoms with Crippen LogP contribution in [-0.4, -0.2) is 17.5 Å². The molecule has 0 saturated heterocycles. The molecular weight excluding hydrogens is 474 g/mol. The lowest BCUT2D eigenvalue weighted by Crippen LogP contribution is -2.20. The average Bonchev–Trinajstić information content (AvgIpc) is 3.32. The Labute approximate surface area is 228 Å². The molecule has 0 unspecified atom stereocenters. The van der Waals surface area contributed by atoms with Crippen LogP contribution in [0.15, 0.2) is 46.9 Å². The second-order valence-corrected chi connectivity index (χ2v) is 10.1. The van der Waals surface area contributed by atoms with Crippen molar-refractivity contribution in [2.24, 2.45) is 0 Å². The van der Waals surface area contributed by atoms with Gasteiger partial charge in [0.15, 0.2) is 12.2 Å². The van der Waals surface area contributed by atoms with Gasteiger partial charge in [0.1, 0.15) is 11.3 Å². The number of carbonyl (C=O) groups is 1. The van der Waals surface area contributed by atoms with Gasteiger partial charge in [-0.05, 0) is 48.7 Å². The molecule has 0 fully saturated rings. The number of aromatic nitrogens is 1. The lowest BCUT2D eigenvalue weighted by molar-refractivity contribution is -0.118. The normalized spacial score (nSPS) is 10.9. The molecule has 0 atom stereocenters. The van der Waals surface area contributed by atoms with E-state index in [0.29, 0.717) is 28.4 Å². The third-order valence-corrected chi connectivity index (χ3v) is 6.77. The third-order valence-electron chi connectivity index (χ3n) is 6.77. The van der Waals surface area contributed by atoms with Gasteiger partial charge < -0.3 is 19.3 Å². The topological polar surface area (TPSA) is 68.7 Å². The minimum absolute atomic E-state index is 0.0674. The zero-order chi connectivity index (χ0) is 26.8. The summed E-state index contributed by atoms with van der Waals surface area (Å²) in [6, 6.07) is 13.3. The van der Waals surface area contributed by atoms with Crippen molar-refractivity contribution in [1.29, 1.82) is 0 Å². The Hall–Kier alpha value is -3.33. The summed E-state index contributed by atoms with van der Waals surface area (Å²) in [4.78, 5) is 20.0. The summed E-state index contributed by atoms with van der Waals surface area (Å²) in [5.74, 6) is 0.847. The number of aryl methyl sites for hydroxylation is 1. The molecule has 1 aromatic heterocycles. The summed E-state index contributed by atoms with van der Waals surface area (Å²) < 4.78 is 11.2. The second-order valence-electron chi connectivity index (χ2n) is 10.1. The molecule has 0 bridgehead atoms. The van der Waals surface area contributed by atoms with E-state index in [-0.39, 0.29) is 19.1 Å². The molecule has 1 heterocycles. The second kappa shape index (κ2) is 17.2. The number of hydrogen-bond donors (Lipinski definition) is 1. The molecule has 3 aromatic rings. The van der Waals surface area contributed by atoms with Gasteiger partial charge >= 0.3 is 0 Å². The molecule has 2 aromatic carbocycles. The van der Waals surface area contributed by atoms with Crippen molar-refractivity contribution in [3.63, 3.8) is 0 Å². The number of nitrogens with zero attached hydrogens (tertiary/aromatic N) is 2. The smallest absolute Gasteiger partial charge is 0.289 e. The van der Waals surface area contributed by atoms with Gasteiger partial charge in [-0.1, -0.05) is 96.1 Å². The van der Waals surface area contributed by atoms with E-state index >= 15 is 0 Å². The highest BCUT2D eigenvalue weighted by Gasteiger charge is 2.10. The van der Waals surface area contributed by atoms with Crippen molar-refractivity contribution in [2.45, 2.75) is 103 Å². The van der Waals surface area contributed by atoms with E-state index in [1.165, 1.54) is 89.0 Å². The molecule has 0 radical (unpaired) electrons. The Balaban J connectivity index is 1.27. The summed E-state index contributed by atoms with van der Waals surface area (Å²) in [7, 11) is 0. The first-order valence-electron chi connectivity index (χ1n) is 14.4. The molecule has 1 N–H and O–H groups in total. The summed E-state index contributed by atoms with van der Waals surface area (Å²) in [5, 5.41) is 2.83. The van der Waals surface area contributed by atoms with Crippen LogP contribution in [0.3, 0.4) is 0 Å². The SMILES string of the molecule is [C-]#[N+]Cc1nc2cc(NC(=O)COc3cccc(CCCCCCCCCCCCCCC)c3)ccc2o1. The van der Waals surface area contributed by atoms with Crippen molar-refractivity contribution in [1.82, 2.24) is 4.98 Å². The van der Waals surface area contributed by atoms with Crippen LogP contribution in [0.1, 0.15) is 102 Å². The van der Waals surface area contributed by atoms with Crippen molar-refractivity contribution in [3.05, 3.63) is 65.3 Å². The summed E-state index contributed by atoms with van der Waals surface area (Å²) in [5.41, 5.74) is 3.07. The number of anilines is 1. The Morgan fingerprint density at radius 1 is 0.921 bits per heavy atom. The maximum absolute atomic E-state index is 12.4. The molecule has 0 spiro atoms. The first-order chi connectivity index (χ1) is 18.7. The fourth-order valence-corrected chi connectivity index (χ4v) is 4.67. The van der Waals surface area contributed by atoms with E-state index in [4.69, 9.17) is 15.7 Å². The highest BCUT2D eigenvalue weighted by atomic mass is 16.5. The van der Waals surface area contributed by atoms with Crippen LogP contribution in [0.2, 0.25) is 0 Å². The number of carbonyl (C=O) groups excluding carboxylic acids is 1. The molecule has 0 aliphatic rings. The summed E-state index contributed by atoms with van der Waals surface area (Å²) in [6.45, 7) is 9.24. The van der Waals surface area contributed by atoms with Crippen molar-refractivity contribution >= 4 is 22.7 Å². The van der Waals surface area contributed by atoms with E-state index in [2.05, 4.69) is 28.1 Å². The van der Waals surface area contributed by atoms with Crippen molar-refractivity contribution in [3.8, 4) is 5.75 Å². The average molecular weight is 518 g/mol. The highest BCUT2D eigenvalue weighted by molar-refractivity contribution is 5.93. The minimum Gasteiger partial charge on any atom is -0.484 e. The molecule has 0 aliphatic heterocycles. The molecule has 1 amide bonds. The molecule has 6 nitrogen and oxygen atoms in total. The van der Waals surface area contributed by atoms with E-state index in [1.807, 2.05) is 18.2 Å². The van der Waals surface area contributed by atoms with Crippen LogP contribution in [0, 0.1) is 6.57 Å². The maximum atomic E-state index is 12.4. The highest BCUT2D eigenvalue weighted by Crippen LogP contribution is 2.21. The fourth-order valence-electron chi connectivity index (χ4n) is 4.67. The lowest BCUT2D eigenvalue weighted by Gasteiger charge is -2.09. The Bertz CT molecular complexity index is 1150. The first kappa shape index (κ1) is 29.2. The van der Waals surface area contributed by atoms with Gasteiger partial charge in [0.05, 0.1) is 0 Å². The number of unbranched alkanes of at least 4 members (excludes halogenated alkanes) is 12. The zero-order valence-electron chi connectivity index (χ0n) is 23.0. The maximum Gasteiger partial charge on any atom is 0.289 e. The van der Waals surface area contributed by atoms with Gasteiger partial charge in [-0.15, -0.1) is 0 Å². The van der Waals surface area contributed by atoms with Gasteiger partial charge in [0.2, 0.25) is 0 Å². The molecule has 6 heteroatoms. The first-order valence-corrected chi connectivity index (χ1v) is 14.4. The van der Waals surface area contributed by atoms with Gasteiger partial charge in [0, 0.05) is 5.69 Å². The molecule has 204 valence electrons. The van der Waals surface area contributed by atoms with Crippen LogP contribution in [0.5, 0.6) is 5.75 Å². The largest absolute Gasteiger partial charge is 0.484 e. The van der Waals surface area contributed by atoms with Gasteiger partial charge in [-0.2, -0.15) is 0 Å². The van der Waals surface area contributed by atoms with E-state index in [1.54, 1.807) is 18.2 Å². The Morgan fingerprint density at radius 3 is 2.29 bits per heavy atom. The number of oxazole rings is 1. The summed E-state index contributed by atoms with van der Waals surface area (Å²) in [6.07, 6.45) is 18.7. The minimum atomic E-state index is -0.240. The predicted molar refractivity (Wildman–Crippen MR) is 154 cm³/mol. The van der Waals surface area contributed by atoms with Gasteiger partial charge in [0.25, 0.3) is 18.3 Å². The quantitative estimate of drug-likeness (QED) is 0.127. The van der Waals surface area contributed by atoms with Crippen LogP contribution in [-0.2, 0) is 17.8 Å². The van der Waals surface area contributed by atoms with Crippen molar-refractivity contribution < 1.29 is 13.9 Å². The number of ether oxygens (including phenoxy) is 1. The van der Waals surface area contributed by atoms with E-state index < -0.39 is 0 Å². The Kier molecular flexibility index (Phi) is 13.3. The fraction of sp³-hybridized carbons (Fsp3) is 0.531. The molecule has 3 rings (SSSR count). The van der Waals surface area contributed by atoms with Gasteiger partial charge in [-0.25, -0.2) is 11.6 Å². The van der Waals surface area contributed by atoms with E-state index in [0.717, 1.165) is 6.42 Å². The van der Waals surface area contributed by atoms with E-state index in [9.17, 15) is 4.79 Å². The number of hydrogen-bond acceptors (Lipinski definition) is 4. The molecule has 38 heavy (non-hydrogen) atoms.